The molecule has 142 valence electrons. The molecule has 2 amide bonds. The van der Waals surface area contributed by atoms with Crippen LogP contribution in [0.25, 0.3) is 0 Å². The largest absolute Gasteiger partial charge is 0.394 e. The van der Waals surface area contributed by atoms with Crippen molar-refractivity contribution >= 4 is 11.8 Å². The molecule has 1 heterocycles. The highest BCUT2D eigenvalue weighted by Gasteiger charge is 2.31. The van der Waals surface area contributed by atoms with Gasteiger partial charge in [0.1, 0.15) is 0 Å². The normalized spacial score (nSPS) is 18.6. The van der Waals surface area contributed by atoms with E-state index in [1.165, 1.54) is 0 Å². The van der Waals surface area contributed by atoms with Gasteiger partial charge >= 0.3 is 0 Å². The number of carbonyl (C=O) groups is 2. The first kappa shape index (κ1) is 20.1. The molecule has 0 fully saturated rings. The zero-order chi connectivity index (χ0) is 19.1. The molecule has 2 rings (SSSR count). The van der Waals surface area contributed by atoms with E-state index in [4.69, 9.17) is 0 Å². The third kappa shape index (κ3) is 5.16. The van der Waals surface area contributed by atoms with Crippen LogP contribution in [0.15, 0.2) is 36.9 Å². The van der Waals surface area contributed by atoms with Crippen LogP contribution in [0.4, 0.5) is 0 Å². The van der Waals surface area contributed by atoms with Crippen molar-refractivity contribution in [2.75, 3.05) is 13.2 Å². The lowest BCUT2D eigenvalue weighted by Crippen LogP contribution is -2.47. The first-order valence-corrected chi connectivity index (χ1v) is 9.00. The van der Waals surface area contributed by atoms with Gasteiger partial charge < -0.3 is 20.4 Å². The van der Waals surface area contributed by atoms with Gasteiger partial charge in [0.25, 0.3) is 0 Å². The molecule has 0 aliphatic carbocycles. The lowest BCUT2D eigenvalue weighted by molar-refractivity contribution is -0.139. The van der Waals surface area contributed by atoms with Crippen molar-refractivity contribution in [3.63, 3.8) is 0 Å². The van der Waals surface area contributed by atoms with Gasteiger partial charge in [0, 0.05) is 19.5 Å². The van der Waals surface area contributed by atoms with E-state index in [0.29, 0.717) is 19.4 Å². The van der Waals surface area contributed by atoms with Crippen molar-refractivity contribution < 1.29 is 19.8 Å². The average Bonchev–Trinajstić information content (AvgIpc) is 2.64. The Morgan fingerprint density at radius 1 is 1.38 bits per heavy atom. The van der Waals surface area contributed by atoms with Gasteiger partial charge in [0.05, 0.1) is 24.7 Å². The van der Waals surface area contributed by atoms with Crippen LogP contribution in [-0.2, 0) is 22.6 Å². The summed E-state index contributed by atoms with van der Waals surface area (Å²) in [6.07, 6.45) is 2.02. The quantitative estimate of drug-likeness (QED) is 0.604. The van der Waals surface area contributed by atoms with E-state index in [2.05, 4.69) is 11.9 Å². The van der Waals surface area contributed by atoms with Crippen LogP contribution in [0.1, 0.15) is 30.9 Å². The molecule has 1 aliphatic rings. The zero-order valence-electron chi connectivity index (χ0n) is 15.2. The minimum absolute atomic E-state index is 0.0519. The molecule has 0 saturated carbocycles. The predicted molar refractivity (Wildman–Crippen MR) is 99.2 cm³/mol. The molecule has 3 atom stereocenters. The summed E-state index contributed by atoms with van der Waals surface area (Å²) in [6, 6.07) is 7.62. The van der Waals surface area contributed by atoms with Gasteiger partial charge in [0.2, 0.25) is 11.8 Å². The third-order valence-corrected chi connectivity index (χ3v) is 4.70. The van der Waals surface area contributed by atoms with Crippen LogP contribution in [0.3, 0.4) is 0 Å². The summed E-state index contributed by atoms with van der Waals surface area (Å²) >= 11 is 0. The molecule has 0 radical (unpaired) electrons. The Morgan fingerprint density at radius 2 is 2.08 bits per heavy atom. The Bertz CT molecular complexity index is 644. The van der Waals surface area contributed by atoms with E-state index in [0.717, 1.165) is 11.1 Å². The van der Waals surface area contributed by atoms with Crippen molar-refractivity contribution in [3.8, 4) is 0 Å². The van der Waals surface area contributed by atoms with Gasteiger partial charge in [-0.15, -0.1) is 6.58 Å². The van der Waals surface area contributed by atoms with E-state index >= 15 is 0 Å². The Morgan fingerprint density at radius 3 is 2.69 bits per heavy atom. The summed E-state index contributed by atoms with van der Waals surface area (Å²) in [6.45, 7) is 5.73. The lowest BCUT2D eigenvalue weighted by atomic mass is 9.92. The summed E-state index contributed by atoms with van der Waals surface area (Å²) < 4.78 is 0. The molecule has 6 heteroatoms. The SMILES string of the molecule is C=CCC(CC(=O)N1Cc2ccccc2CC1CO)C(=O)NCC(C)O. The number of aliphatic hydroxyl groups excluding tert-OH is 2. The van der Waals surface area contributed by atoms with Gasteiger partial charge in [-0.05, 0) is 30.9 Å². The molecular formula is C20H28N2O4. The van der Waals surface area contributed by atoms with Crippen LogP contribution in [0.2, 0.25) is 0 Å². The monoisotopic (exact) mass is 360 g/mol. The number of hydrogen-bond acceptors (Lipinski definition) is 4. The van der Waals surface area contributed by atoms with E-state index in [1.807, 2.05) is 24.3 Å². The molecule has 3 N–H and O–H groups in total. The minimum Gasteiger partial charge on any atom is -0.394 e. The summed E-state index contributed by atoms with van der Waals surface area (Å²) in [4.78, 5) is 26.8. The number of amides is 2. The second-order valence-corrected chi connectivity index (χ2v) is 6.85. The fraction of sp³-hybridized carbons (Fsp3) is 0.500. The van der Waals surface area contributed by atoms with Gasteiger partial charge in [-0.2, -0.15) is 0 Å². The molecule has 1 aromatic carbocycles. The van der Waals surface area contributed by atoms with Crippen LogP contribution in [0.5, 0.6) is 0 Å². The summed E-state index contributed by atoms with van der Waals surface area (Å²) in [5.41, 5.74) is 2.22. The van der Waals surface area contributed by atoms with Crippen molar-refractivity contribution in [2.24, 2.45) is 5.92 Å². The maximum Gasteiger partial charge on any atom is 0.224 e. The van der Waals surface area contributed by atoms with Crippen LogP contribution in [-0.4, -0.2) is 52.2 Å². The molecule has 3 unspecified atom stereocenters. The van der Waals surface area contributed by atoms with Gasteiger partial charge in [-0.3, -0.25) is 9.59 Å². The van der Waals surface area contributed by atoms with Crippen LogP contribution in [0, 0.1) is 5.92 Å². The summed E-state index contributed by atoms with van der Waals surface area (Å²) in [7, 11) is 0. The van der Waals surface area contributed by atoms with E-state index in [-0.39, 0.29) is 37.4 Å². The molecule has 1 aromatic rings. The summed E-state index contributed by atoms with van der Waals surface area (Å²) in [5.74, 6) is -0.954. The fourth-order valence-corrected chi connectivity index (χ4v) is 3.25. The number of benzene rings is 1. The van der Waals surface area contributed by atoms with Crippen LogP contribution < -0.4 is 5.32 Å². The number of nitrogens with one attached hydrogen (secondary N) is 1. The van der Waals surface area contributed by atoms with Crippen molar-refractivity contribution in [1.82, 2.24) is 10.2 Å². The minimum atomic E-state index is -0.642. The third-order valence-electron chi connectivity index (χ3n) is 4.70. The Kier molecular flexibility index (Phi) is 7.36. The summed E-state index contributed by atoms with van der Waals surface area (Å²) in [5, 5.41) is 21.7. The molecule has 6 nitrogen and oxygen atoms in total. The average molecular weight is 360 g/mol. The number of nitrogens with zero attached hydrogens (tertiary/aromatic N) is 1. The Balaban J connectivity index is 2.07. The highest BCUT2D eigenvalue weighted by atomic mass is 16.3. The highest BCUT2D eigenvalue weighted by molar-refractivity contribution is 5.86. The topological polar surface area (TPSA) is 89.9 Å². The number of aliphatic hydroxyl groups is 2. The van der Waals surface area contributed by atoms with E-state index in [9.17, 15) is 19.8 Å². The second kappa shape index (κ2) is 9.50. The van der Waals surface area contributed by atoms with Gasteiger partial charge in [-0.1, -0.05) is 30.3 Å². The number of carbonyl (C=O) groups excluding carboxylic acids is 2. The molecule has 0 bridgehead atoms. The van der Waals surface area contributed by atoms with Gasteiger partial charge in [-0.25, -0.2) is 0 Å². The standard InChI is InChI=1S/C20H28N2O4/c1-3-6-16(20(26)21-11-14(2)24)10-19(25)22-12-17-8-5-4-7-15(17)9-18(22)13-23/h3-5,7-8,14,16,18,23-24H,1,6,9-13H2,2H3,(H,21,26). The molecule has 1 aliphatic heterocycles. The molecule has 26 heavy (non-hydrogen) atoms. The zero-order valence-corrected chi connectivity index (χ0v) is 15.2. The highest BCUT2D eigenvalue weighted by Crippen LogP contribution is 2.25. The maximum absolute atomic E-state index is 12.9. The first-order valence-electron chi connectivity index (χ1n) is 9.00. The number of rotatable bonds is 8. The lowest BCUT2D eigenvalue weighted by Gasteiger charge is -2.36. The van der Waals surface area contributed by atoms with E-state index in [1.54, 1.807) is 17.9 Å². The number of hydrogen-bond donors (Lipinski definition) is 3. The predicted octanol–water partition coefficient (Wildman–Crippen LogP) is 1.01. The molecular weight excluding hydrogens is 332 g/mol. The Labute approximate surface area is 154 Å². The molecule has 0 spiro atoms. The van der Waals surface area contributed by atoms with Crippen LogP contribution >= 0.6 is 0 Å². The first-order chi connectivity index (χ1) is 12.5. The smallest absolute Gasteiger partial charge is 0.224 e. The van der Waals surface area contributed by atoms with Gasteiger partial charge in [0.15, 0.2) is 0 Å². The second-order valence-electron chi connectivity index (χ2n) is 6.85. The van der Waals surface area contributed by atoms with Crippen molar-refractivity contribution in [1.29, 1.82) is 0 Å². The van der Waals surface area contributed by atoms with E-state index < -0.39 is 12.0 Å². The number of fused-ring (bicyclic) bond motifs is 1. The fourth-order valence-electron chi connectivity index (χ4n) is 3.25. The Hall–Kier alpha value is -2.18. The number of allylic oxidation sites excluding steroid dienone is 1. The van der Waals surface area contributed by atoms with Crippen molar-refractivity contribution in [2.45, 2.75) is 44.9 Å². The molecule has 0 aromatic heterocycles. The maximum atomic E-state index is 12.9. The molecule has 0 saturated heterocycles. The van der Waals surface area contributed by atoms with Crippen molar-refractivity contribution in [3.05, 3.63) is 48.0 Å².